The molecule has 0 unspecified atom stereocenters. The van der Waals surface area contributed by atoms with Crippen molar-refractivity contribution in [3.05, 3.63) is 35.9 Å². The van der Waals surface area contributed by atoms with E-state index < -0.39 is 0 Å². The van der Waals surface area contributed by atoms with Crippen molar-refractivity contribution in [3.63, 3.8) is 0 Å². The van der Waals surface area contributed by atoms with Crippen LogP contribution in [0.2, 0.25) is 0 Å². The average molecular weight is 244 g/mol. The summed E-state index contributed by atoms with van der Waals surface area (Å²) in [5, 5.41) is 0. The van der Waals surface area contributed by atoms with E-state index in [4.69, 9.17) is 0 Å². The molecule has 0 aromatic heterocycles. The minimum Gasteiger partial charge on any atom is -0.300 e. The minimum absolute atomic E-state index is 0.0463. The smallest absolute Gasteiger partial charge is 0.166 e. The summed E-state index contributed by atoms with van der Waals surface area (Å²) in [6.45, 7) is 1.62. The lowest BCUT2D eigenvalue weighted by Crippen LogP contribution is -2.28. The number of hydrogen-bond donors (Lipinski definition) is 0. The molecule has 96 valence electrons. The second-order valence-corrected chi connectivity index (χ2v) is 5.29. The van der Waals surface area contributed by atoms with Crippen LogP contribution in [-0.2, 0) is 4.79 Å². The van der Waals surface area contributed by atoms with Crippen molar-refractivity contribution < 1.29 is 9.59 Å². The quantitative estimate of drug-likeness (QED) is 0.757. The van der Waals surface area contributed by atoms with Crippen LogP contribution in [0.3, 0.4) is 0 Å². The monoisotopic (exact) mass is 244 g/mol. The lowest BCUT2D eigenvalue weighted by atomic mass is 9.73. The van der Waals surface area contributed by atoms with Crippen molar-refractivity contribution in [1.82, 2.24) is 0 Å². The summed E-state index contributed by atoms with van der Waals surface area (Å²) >= 11 is 0. The molecule has 1 aliphatic rings. The Morgan fingerprint density at radius 3 is 2.44 bits per heavy atom. The molecule has 2 heteroatoms. The highest BCUT2D eigenvalue weighted by molar-refractivity contribution is 5.98. The first-order valence-electron chi connectivity index (χ1n) is 6.77. The van der Waals surface area contributed by atoms with Crippen LogP contribution in [0.4, 0.5) is 0 Å². The van der Waals surface area contributed by atoms with Crippen molar-refractivity contribution in [3.8, 4) is 0 Å². The van der Waals surface area contributed by atoms with Gasteiger partial charge in [-0.3, -0.25) is 4.79 Å². The Morgan fingerprint density at radius 1 is 1.11 bits per heavy atom. The Kier molecular flexibility index (Phi) is 4.29. The average Bonchev–Trinajstić information content (AvgIpc) is 2.39. The summed E-state index contributed by atoms with van der Waals surface area (Å²) < 4.78 is 0. The second kappa shape index (κ2) is 5.94. The molecule has 2 nitrogen and oxygen atoms in total. The van der Waals surface area contributed by atoms with Crippen molar-refractivity contribution in [1.29, 1.82) is 0 Å². The van der Waals surface area contributed by atoms with Gasteiger partial charge in [0, 0.05) is 17.9 Å². The predicted molar refractivity (Wildman–Crippen MR) is 71.5 cm³/mol. The molecule has 0 amide bonds. The third-order valence-electron chi connectivity index (χ3n) is 3.85. The summed E-state index contributed by atoms with van der Waals surface area (Å²) in [4.78, 5) is 23.8. The number of carbonyl (C=O) groups is 2. The molecule has 1 aliphatic carbocycles. The van der Waals surface area contributed by atoms with Gasteiger partial charge in [-0.05, 0) is 25.7 Å². The zero-order valence-electron chi connectivity index (χ0n) is 10.9. The third kappa shape index (κ3) is 3.06. The molecule has 0 radical (unpaired) electrons. The van der Waals surface area contributed by atoms with Gasteiger partial charge in [-0.2, -0.15) is 0 Å². The summed E-state index contributed by atoms with van der Waals surface area (Å²) in [6, 6.07) is 9.47. The lowest BCUT2D eigenvalue weighted by molar-refractivity contribution is -0.118. The number of ketones is 2. The number of rotatable bonds is 4. The topological polar surface area (TPSA) is 34.1 Å². The van der Waals surface area contributed by atoms with Gasteiger partial charge in [-0.25, -0.2) is 0 Å². The van der Waals surface area contributed by atoms with Gasteiger partial charge < -0.3 is 4.79 Å². The zero-order chi connectivity index (χ0) is 13.0. The van der Waals surface area contributed by atoms with E-state index in [1.54, 1.807) is 6.92 Å². The summed E-state index contributed by atoms with van der Waals surface area (Å²) in [7, 11) is 0. The first-order valence-corrected chi connectivity index (χ1v) is 6.77. The van der Waals surface area contributed by atoms with Crippen molar-refractivity contribution in [2.45, 2.75) is 39.0 Å². The molecule has 1 fully saturated rings. The molecule has 0 saturated heterocycles. The summed E-state index contributed by atoms with van der Waals surface area (Å²) in [5.74, 6) is 0.725. The van der Waals surface area contributed by atoms with Crippen molar-refractivity contribution in [2.24, 2.45) is 11.8 Å². The Balaban J connectivity index is 2.13. The highest BCUT2D eigenvalue weighted by atomic mass is 16.1. The summed E-state index contributed by atoms with van der Waals surface area (Å²) in [5.41, 5.74) is 0.790. The fraction of sp³-hybridized carbons (Fsp3) is 0.500. The normalized spacial score (nSPS) is 23.6. The summed E-state index contributed by atoms with van der Waals surface area (Å²) in [6.07, 6.45) is 4.77. The third-order valence-corrected chi connectivity index (χ3v) is 3.85. The Bertz CT molecular complexity index is 422. The molecule has 0 aliphatic heterocycles. The Hall–Kier alpha value is -1.44. The van der Waals surface area contributed by atoms with Gasteiger partial charge in [0.25, 0.3) is 0 Å². The zero-order valence-corrected chi connectivity index (χ0v) is 10.9. The fourth-order valence-electron chi connectivity index (χ4n) is 2.98. The van der Waals surface area contributed by atoms with E-state index >= 15 is 0 Å². The van der Waals surface area contributed by atoms with Crippen LogP contribution in [0.25, 0.3) is 0 Å². The molecule has 1 aromatic carbocycles. The molecule has 18 heavy (non-hydrogen) atoms. The minimum atomic E-state index is 0.0463. The molecule has 2 atom stereocenters. The van der Waals surface area contributed by atoms with Gasteiger partial charge >= 0.3 is 0 Å². The van der Waals surface area contributed by atoms with Crippen LogP contribution in [0.5, 0.6) is 0 Å². The molecular weight excluding hydrogens is 224 g/mol. The lowest BCUT2D eigenvalue weighted by Gasteiger charge is -2.29. The standard InChI is InChI=1S/C16H20O2/c1-12(17)11-14-9-5-6-10-15(14)16(18)13-7-3-2-4-8-13/h2-4,7-8,14-15H,5-6,9-11H2,1H3/t14-,15+/m0/s1. The number of carbonyl (C=O) groups excluding carboxylic acids is 2. The molecule has 1 saturated carbocycles. The Labute approximate surface area is 108 Å². The van der Waals surface area contributed by atoms with E-state index in [1.807, 2.05) is 30.3 Å². The maximum atomic E-state index is 12.5. The van der Waals surface area contributed by atoms with Crippen molar-refractivity contribution >= 4 is 11.6 Å². The van der Waals surface area contributed by atoms with E-state index in [0.717, 1.165) is 31.2 Å². The van der Waals surface area contributed by atoms with E-state index in [2.05, 4.69) is 0 Å². The molecule has 2 rings (SSSR count). The van der Waals surface area contributed by atoms with Crippen LogP contribution in [0.15, 0.2) is 30.3 Å². The van der Waals surface area contributed by atoms with Crippen LogP contribution in [0, 0.1) is 11.8 Å². The predicted octanol–water partition coefficient (Wildman–Crippen LogP) is 3.65. The molecule has 0 spiro atoms. The van der Waals surface area contributed by atoms with Gasteiger partial charge in [0.05, 0.1) is 0 Å². The molecule has 0 bridgehead atoms. The first-order chi connectivity index (χ1) is 8.68. The SMILES string of the molecule is CC(=O)C[C@@H]1CCCC[C@H]1C(=O)c1ccccc1. The number of Topliss-reactive ketones (excluding diaryl/α,β-unsaturated/α-hetero) is 2. The maximum Gasteiger partial charge on any atom is 0.166 e. The van der Waals surface area contributed by atoms with E-state index in [0.29, 0.717) is 6.42 Å². The van der Waals surface area contributed by atoms with E-state index in [-0.39, 0.29) is 23.4 Å². The van der Waals surface area contributed by atoms with Gasteiger partial charge in [-0.1, -0.05) is 43.2 Å². The van der Waals surface area contributed by atoms with Crippen molar-refractivity contribution in [2.75, 3.05) is 0 Å². The van der Waals surface area contributed by atoms with Gasteiger partial charge in [0.2, 0.25) is 0 Å². The van der Waals surface area contributed by atoms with Gasteiger partial charge in [0.15, 0.2) is 5.78 Å². The molecular formula is C16H20O2. The van der Waals surface area contributed by atoms with Gasteiger partial charge in [-0.15, -0.1) is 0 Å². The van der Waals surface area contributed by atoms with E-state index in [9.17, 15) is 9.59 Å². The fourth-order valence-corrected chi connectivity index (χ4v) is 2.98. The number of hydrogen-bond acceptors (Lipinski definition) is 2. The highest BCUT2D eigenvalue weighted by Crippen LogP contribution is 2.34. The largest absolute Gasteiger partial charge is 0.300 e. The van der Waals surface area contributed by atoms with Gasteiger partial charge in [0.1, 0.15) is 5.78 Å². The first kappa shape index (κ1) is 13.0. The Morgan fingerprint density at radius 2 is 1.78 bits per heavy atom. The molecule has 0 heterocycles. The maximum absolute atomic E-state index is 12.5. The number of benzene rings is 1. The molecule has 1 aromatic rings. The van der Waals surface area contributed by atoms with E-state index in [1.165, 1.54) is 0 Å². The molecule has 0 N–H and O–H groups in total. The van der Waals surface area contributed by atoms with Crippen LogP contribution >= 0.6 is 0 Å². The second-order valence-electron chi connectivity index (χ2n) is 5.29. The van der Waals surface area contributed by atoms with Crippen LogP contribution in [0.1, 0.15) is 49.4 Å². The van der Waals surface area contributed by atoms with Crippen LogP contribution in [-0.4, -0.2) is 11.6 Å². The van der Waals surface area contributed by atoms with Crippen LogP contribution < -0.4 is 0 Å². The highest BCUT2D eigenvalue weighted by Gasteiger charge is 2.31.